The van der Waals surface area contributed by atoms with Crippen LogP contribution in [-0.4, -0.2) is 24.8 Å². The largest absolute Gasteiger partial charge is 0.395 e. The molecule has 1 saturated heterocycles. The van der Waals surface area contributed by atoms with Gasteiger partial charge in [-0.05, 0) is 37.6 Å². The summed E-state index contributed by atoms with van der Waals surface area (Å²) in [4.78, 5) is 0. The van der Waals surface area contributed by atoms with Crippen LogP contribution in [0.4, 0.5) is 4.39 Å². The Kier molecular flexibility index (Phi) is 5.59. The first-order valence-electron chi connectivity index (χ1n) is 6.35. The Morgan fingerprint density at radius 3 is 2.35 bits per heavy atom. The van der Waals surface area contributed by atoms with E-state index in [9.17, 15) is 9.50 Å². The Hall–Kier alpha value is -0.930. The SMILES string of the molecule is CC.OCC1(c2ccccc2F)CCNCC1. The minimum Gasteiger partial charge on any atom is -0.395 e. The molecule has 1 aromatic carbocycles. The maximum atomic E-state index is 13.7. The molecule has 0 atom stereocenters. The molecule has 1 fully saturated rings. The van der Waals surface area contributed by atoms with E-state index in [4.69, 9.17) is 0 Å². The first kappa shape index (κ1) is 14.1. The van der Waals surface area contributed by atoms with Gasteiger partial charge in [-0.1, -0.05) is 32.0 Å². The van der Waals surface area contributed by atoms with E-state index >= 15 is 0 Å². The van der Waals surface area contributed by atoms with E-state index in [0.717, 1.165) is 25.9 Å². The Morgan fingerprint density at radius 2 is 1.82 bits per heavy atom. The predicted octanol–water partition coefficient (Wildman–Crippen LogP) is 2.47. The number of aliphatic hydroxyl groups is 1. The zero-order chi connectivity index (χ0) is 12.7. The molecule has 0 unspecified atom stereocenters. The van der Waals surface area contributed by atoms with Crippen LogP contribution in [0.1, 0.15) is 32.3 Å². The summed E-state index contributed by atoms with van der Waals surface area (Å²) < 4.78 is 13.7. The van der Waals surface area contributed by atoms with Crippen molar-refractivity contribution in [1.29, 1.82) is 0 Å². The lowest BCUT2D eigenvalue weighted by molar-refractivity contribution is 0.154. The van der Waals surface area contributed by atoms with Gasteiger partial charge in [0.25, 0.3) is 0 Å². The summed E-state index contributed by atoms with van der Waals surface area (Å²) in [6.07, 6.45) is 1.59. The molecule has 96 valence electrons. The van der Waals surface area contributed by atoms with E-state index in [1.165, 1.54) is 6.07 Å². The van der Waals surface area contributed by atoms with Gasteiger partial charge in [0.15, 0.2) is 0 Å². The van der Waals surface area contributed by atoms with Gasteiger partial charge in [0, 0.05) is 5.41 Å². The van der Waals surface area contributed by atoms with Crippen molar-refractivity contribution in [3.05, 3.63) is 35.6 Å². The van der Waals surface area contributed by atoms with Crippen LogP contribution in [0.5, 0.6) is 0 Å². The average Bonchev–Trinajstić information content (AvgIpc) is 2.42. The second-order valence-electron chi connectivity index (χ2n) is 4.17. The highest BCUT2D eigenvalue weighted by Crippen LogP contribution is 2.34. The fraction of sp³-hybridized carbons (Fsp3) is 0.571. The minimum atomic E-state index is -0.378. The number of rotatable bonds is 2. The van der Waals surface area contributed by atoms with Gasteiger partial charge >= 0.3 is 0 Å². The van der Waals surface area contributed by atoms with Crippen molar-refractivity contribution in [3.8, 4) is 0 Å². The quantitative estimate of drug-likeness (QED) is 0.831. The van der Waals surface area contributed by atoms with Gasteiger partial charge in [0.1, 0.15) is 5.82 Å². The fourth-order valence-corrected chi connectivity index (χ4v) is 2.31. The molecule has 1 aliphatic rings. The minimum absolute atomic E-state index is 0.0234. The lowest BCUT2D eigenvalue weighted by Crippen LogP contribution is -2.43. The Balaban J connectivity index is 0.000000686. The van der Waals surface area contributed by atoms with Crippen LogP contribution in [0.25, 0.3) is 0 Å². The van der Waals surface area contributed by atoms with Crippen LogP contribution < -0.4 is 5.32 Å². The molecular weight excluding hydrogens is 217 g/mol. The Labute approximate surface area is 103 Å². The Morgan fingerprint density at radius 1 is 1.24 bits per heavy atom. The molecule has 1 aliphatic heterocycles. The standard InChI is InChI=1S/C12H16FNO.C2H6/c13-11-4-2-1-3-10(11)12(9-15)5-7-14-8-6-12;1-2/h1-4,14-15H,5-9H2;1-2H3. The highest BCUT2D eigenvalue weighted by Gasteiger charge is 2.35. The maximum Gasteiger partial charge on any atom is 0.127 e. The summed E-state index contributed by atoms with van der Waals surface area (Å²) >= 11 is 0. The summed E-state index contributed by atoms with van der Waals surface area (Å²) in [5.74, 6) is -0.201. The molecule has 2 N–H and O–H groups in total. The van der Waals surface area contributed by atoms with Gasteiger partial charge in [-0.2, -0.15) is 0 Å². The van der Waals surface area contributed by atoms with E-state index in [-0.39, 0.29) is 17.8 Å². The maximum absolute atomic E-state index is 13.7. The van der Waals surface area contributed by atoms with Crippen molar-refractivity contribution in [1.82, 2.24) is 5.32 Å². The molecule has 0 aromatic heterocycles. The van der Waals surface area contributed by atoms with Crippen molar-refractivity contribution in [2.45, 2.75) is 32.1 Å². The molecule has 0 saturated carbocycles. The van der Waals surface area contributed by atoms with Gasteiger partial charge in [-0.25, -0.2) is 4.39 Å². The van der Waals surface area contributed by atoms with Crippen LogP contribution in [0.3, 0.4) is 0 Å². The van der Waals surface area contributed by atoms with Crippen molar-refractivity contribution in [2.24, 2.45) is 0 Å². The number of hydrogen-bond donors (Lipinski definition) is 2. The first-order valence-corrected chi connectivity index (χ1v) is 6.35. The summed E-state index contributed by atoms with van der Waals surface area (Å²) in [6.45, 7) is 5.71. The van der Waals surface area contributed by atoms with E-state index < -0.39 is 0 Å². The third kappa shape index (κ3) is 3.05. The molecular formula is C14H22FNO. The number of piperidine rings is 1. The molecule has 0 radical (unpaired) electrons. The van der Waals surface area contributed by atoms with E-state index in [2.05, 4.69) is 5.32 Å². The summed E-state index contributed by atoms with van der Waals surface area (Å²) in [5, 5.41) is 12.8. The van der Waals surface area contributed by atoms with Gasteiger partial charge in [-0.3, -0.25) is 0 Å². The summed E-state index contributed by atoms with van der Waals surface area (Å²) in [6, 6.07) is 6.77. The molecule has 0 bridgehead atoms. The van der Waals surface area contributed by atoms with Gasteiger partial charge in [0.2, 0.25) is 0 Å². The molecule has 0 spiro atoms. The molecule has 17 heavy (non-hydrogen) atoms. The zero-order valence-corrected chi connectivity index (χ0v) is 10.7. The molecule has 1 aromatic rings. The normalized spacial score (nSPS) is 18.1. The second kappa shape index (κ2) is 6.72. The number of hydrogen-bond acceptors (Lipinski definition) is 2. The summed E-state index contributed by atoms with van der Waals surface area (Å²) in [5.41, 5.74) is 0.283. The van der Waals surface area contributed by atoms with Gasteiger partial charge in [0.05, 0.1) is 6.61 Å². The van der Waals surface area contributed by atoms with Gasteiger partial charge < -0.3 is 10.4 Å². The van der Waals surface area contributed by atoms with Crippen LogP contribution in [0, 0.1) is 5.82 Å². The first-order chi connectivity index (χ1) is 8.28. The monoisotopic (exact) mass is 239 g/mol. The third-order valence-corrected chi connectivity index (χ3v) is 3.31. The zero-order valence-electron chi connectivity index (χ0n) is 10.7. The topological polar surface area (TPSA) is 32.3 Å². The van der Waals surface area contributed by atoms with E-state index in [0.29, 0.717) is 5.56 Å². The molecule has 2 nitrogen and oxygen atoms in total. The lowest BCUT2D eigenvalue weighted by Gasteiger charge is -2.36. The number of benzene rings is 1. The molecule has 0 aliphatic carbocycles. The second-order valence-corrected chi connectivity index (χ2v) is 4.17. The third-order valence-electron chi connectivity index (χ3n) is 3.31. The lowest BCUT2D eigenvalue weighted by atomic mass is 9.73. The fourth-order valence-electron chi connectivity index (χ4n) is 2.31. The molecule has 1 heterocycles. The van der Waals surface area contributed by atoms with E-state index in [1.54, 1.807) is 12.1 Å². The van der Waals surface area contributed by atoms with Crippen LogP contribution in [0.2, 0.25) is 0 Å². The smallest absolute Gasteiger partial charge is 0.127 e. The number of nitrogens with one attached hydrogen (secondary N) is 1. The molecule has 3 heteroatoms. The van der Waals surface area contributed by atoms with Crippen molar-refractivity contribution >= 4 is 0 Å². The highest BCUT2D eigenvalue weighted by molar-refractivity contribution is 5.28. The Bertz CT molecular complexity index is 335. The van der Waals surface area contributed by atoms with Crippen LogP contribution in [-0.2, 0) is 5.41 Å². The van der Waals surface area contributed by atoms with Crippen molar-refractivity contribution < 1.29 is 9.50 Å². The summed E-state index contributed by atoms with van der Waals surface area (Å²) in [7, 11) is 0. The number of aliphatic hydroxyl groups excluding tert-OH is 1. The predicted molar refractivity (Wildman–Crippen MR) is 68.6 cm³/mol. The molecule has 0 amide bonds. The van der Waals surface area contributed by atoms with Crippen molar-refractivity contribution in [2.75, 3.05) is 19.7 Å². The van der Waals surface area contributed by atoms with Crippen LogP contribution in [0.15, 0.2) is 24.3 Å². The van der Waals surface area contributed by atoms with Crippen molar-refractivity contribution in [3.63, 3.8) is 0 Å². The average molecular weight is 239 g/mol. The highest BCUT2D eigenvalue weighted by atomic mass is 19.1. The van der Waals surface area contributed by atoms with E-state index in [1.807, 2.05) is 19.9 Å². The van der Waals surface area contributed by atoms with Crippen LogP contribution >= 0.6 is 0 Å². The van der Waals surface area contributed by atoms with Gasteiger partial charge in [-0.15, -0.1) is 0 Å². The molecule has 2 rings (SSSR count). The number of halogens is 1.